The van der Waals surface area contributed by atoms with E-state index in [1.807, 2.05) is 4.90 Å². The molecule has 1 aromatic carbocycles. The molecule has 1 unspecified atom stereocenters. The van der Waals surface area contributed by atoms with Crippen LogP contribution in [0.3, 0.4) is 0 Å². The molecule has 2 amide bonds. The molecule has 10 heteroatoms. The van der Waals surface area contributed by atoms with Gasteiger partial charge in [-0.25, -0.2) is 14.2 Å². The van der Waals surface area contributed by atoms with Gasteiger partial charge in [0.2, 0.25) is 5.91 Å². The Morgan fingerprint density at radius 1 is 1.34 bits per heavy atom. The molecule has 32 heavy (non-hydrogen) atoms. The highest BCUT2D eigenvalue weighted by molar-refractivity contribution is 9.10. The van der Waals surface area contributed by atoms with E-state index in [0.717, 1.165) is 19.3 Å². The first-order chi connectivity index (χ1) is 15.3. The molecule has 2 N–H and O–H groups in total. The fraction of sp³-hybridized carbons (Fsp3) is 0.500. The van der Waals surface area contributed by atoms with Crippen LogP contribution in [0.1, 0.15) is 38.1 Å². The van der Waals surface area contributed by atoms with Crippen LogP contribution in [0.2, 0.25) is 0 Å². The quantitative estimate of drug-likeness (QED) is 0.618. The molecule has 4 rings (SSSR count). The molecule has 0 spiro atoms. The number of benzene rings is 1. The van der Waals surface area contributed by atoms with Gasteiger partial charge in [-0.1, -0.05) is 15.9 Å². The van der Waals surface area contributed by atoms with Crippen molar-refractivity contribution in [3.8, 4) is 11.3 Å². The van der Waals surface area contributed by atoms with Crippen molar-refractivity contribution >= 4 is 27.9 Å². The van der Waals surface area contributed by atoms with E-state index >= 15 is 0 Å². The van der Waals surface area contributed by atoms with Crippen LogP contribution in [0.5, 0.6) is 0 Å². The molecule has 1 saturated carbocycles. The topological polar surface area (TPSA) is 96.5 Å². The first-order valence-corrected chi connectivity index (χ1v) is 11.3. The Bertz CT molecular complexity index is 1020. The first kappa shape index (κ1) is 22.7. The molecule has 2 bridgehead atoms. The van der Waals surface area contributed by atoms with Gasteiger partial charge in [-0.05, 0) is 50.3 Å². The summed E-state index contributed by atoms with van der Waals surface area (Å²) in [5, 5.41) is 2.61. The van der Waals surface area contributed by atoms with E-state index in [9.17, 15) is 14.0 Å². The van der Waals surface area contributed by atoms with Crippen molar-refractivity contribution < 1.29 is 23.5 Å². The lowest BCUT2D eigenvalue weighted by Crippen LogP contribution is -2.56. The number of ether oxygens (including phenoxy) is 2. The number of alkyl carbamates (subject to hydrolysis) is 1. The summed E-state index contributed by atoms with van der Waals surface area (Å²) in [6.45, 7) is 1.73. The Labute approximate surface area is 194 Å². The molecule has 2 aliphatic rings. The van der Waals surface area contributed by atoms with Gasteiger partial charge >= 0.3 is 6.09 Å². The molecule has 8 nitrogen and oxygen atoms in total. The van der Waals surface area contributed by atoms with Gasteiger partial charge in [0.15, 0.2) is 0 Å². The average molecular weight is 509 g/mol. The third-order valence-corrected chi connectivity index (χ3v) is 7.00. The van der Waals surface area contributed by atoms with Gasteiger partial charge in [-0.3, -0.25) is 4.79 Å². The number of methoxy groups -OCH3 is 2. The van der Waals surface area contributed by atoms with Crippen molar-refractivity contribution in [2.75, 3.05) is 14.2 Å². The standard InChI is InChI=1S/C22H26BrFN4O4/c1-11(31-2)18(27-22(30)32-3)21(29)28-14-6-4-12(8-14)19(28)20-25-10-17(26-20)15-7-5-13(23)9-16(15)24/h5,7,9-12,14,18-19H,4,6,8H2,1-3H3,(H,25,26)(H,27,30)/t11-,12+,14-,18+,19?/m1/s1. The molecule has 5 atom stereocenters. The number of rotatable bonds is 6. The first-order valence-electron chi connectivity index (χ1n) is 10.5. The number of amides is 2. The molecule has 1 aromatic heterocycles. The van der Waals surface area contributed by atoms with Gasteiger partial charge in [0, 0.05) is 23.2 Å². The van der Waals surface area contributed by atoms with Crippen molar-refractivity contribution in [3.05, 3.63) is 40.5 Å². The normalized spacial score (nSPS) is 23.8. The number of fused-ring (bicyclic) bond motifs is 2. The smallest absolute Gasteiger partial charge is 0.407 e. The van der Waals surface area contributed by atoms with Gasteiger partial charge < -0.3 is 24.7 Å². The number of carbonyl (C=O) groups excluding carboxylic acids is 2. The molecule has 2 heterocycles. The summed E-state index contributed by atoms with van der Waals surface area (Å²) in [5.41, 5.74) is 0.959. The van der Waals surface area contributed by atoms with E-state index in [1.165, 1.54) is 20.3 Å². The predicted molar refractivity (Wildman–Crippen MR) is 118 cm³/mol. The minimum absolute atomic E-state index is 0.0569. The number of aromatic amines is 1. The maximum absolute atomic E-state index is 14.5. The predicted octanol–water partition coefficient (Wildman–Crippen LogP) is 3.79. The van der Waals surface area contributed by atoms with E-state index in [4.69, 9.17) is 9.47 Å². The minimum atomic E-state index is -0.896. The van der Waals surface area contributed by atoms with Crippen LogP contribution in [0.15, 0.2) is 28.9 Å². The van der Waals surface area contributed by atoms with Crippen molar-refractivity contribution in [3.63, 3.8) is 0 Å². The lowest BCUT2D eigenvalue weighted by Gasteiger charge is -2.37. The van der Waals surface area contributed by atoms with Crippen LogP contribution < -0.4 is 5.32 Å². The van der Waals surface area contributed by atoms with E-state index < -0.39 is 18.2 Å². The molecule has 2 fully saturated rings. The lowest BCUT2D eigenvalue weighted by atomic mass is 9.97. The van der Waals surface area contributed by atoms with Crippen molar-refractivity contribution in [1.82, 2.24) is 20.2 Å². The Hall–Kier alpha value is -2.46. The van der Waals surface area contributed by atoms with Crippen molar-refractivity contribution in [2.45, 2.75) is 50.4 Å². The molecule has 2 aromatic rings. The largest absolute Gasteiger partial charge is 0.453 e. The van der Waals surface area contributed by atoms with E-state index in [0.29, 0.717) is 21.6 Å². The fourth-order valence-electron chi connectivity index (χ4n) is 4.85. The molecular weight excluding hydrogens is 483 g/mol. The second-order valence-electron chi connectivity index (χ2n) is 8.28. The number of aromatic nitrogens is 2. The zero-order chi connectivity index (χ0) is 23.0. The van der Waals surface area contributed by atoms with E-state index in [-0.39, 0.29) is 29.7 Å². The number of halogens is 2. The monoisotopic (exact) mass is 508 g/mol. The zero-order valence-electron chi connectivity index (χ0n) is 18.1. The second-order valence-corrected chi connectivity index (χ2v) is 9.19. The Morgan fingerprint density at radius 3 is 2.81 bits per heavy atom. The third kappa shape index (κ3) is 4.13. The number of carbonyl (C=O) groups is 2. The summed E-state index contributed by atoms with van der Waals surface area (Å²) in [7, 11) is 2.74. The fourth-order valence-corrected chi connectivity index (χ4v) is 5.18. The summed E-state index contributed by atoms with van der Waals surface area (Å²) in [5.74, 6) is 0.250. The number of nitrogens with zero attached hydrogens (tertiary/aromatic N) is 2. The average Bonchev–Trinajstić information content (AvgIpc) is 3.52. The highest BCUT2D eigenvalue weighted by atomic mass is 79.9. The highest BCUT2D eigenvalue weighted by Gasteiger charge is 2.51. The van der Waals surface area contributed by atoms with Gasteiger partial charge in [0.05, 0.1) is 31.1 Å². The van der Waals surface area contributed by atoms with Crippen LogP contribution >= 0.6 is 15.9 Å². The summed E-state index contributed by atoms with van der Waals surface area (Å²) in [4.78, 5) is 35.0. The number of likely N-dealkylation sites (tertiary alicyclic amines) is 1. The van der Waals surface area contributed by atoms with Gasteiger partial charge in [0.1, 0.15) is 17.7 Å². The van der Waals surface area contributed by atoms with Crippen LogP contribution in [-0.4, -0.2) is 59.3 Å². The number of hydrogen-bond acceptors (Lipinski definition) is 5. The highest BCUT2D eigenvalue weighted by Crippen LogP contribution is 2.50. The van der Waals surface area contributed by atoms with Crippen LogP contribution in [0.4, 0.5) is 9.18 Å². The summed E-state index contributed by atoms with van der Waals surface area (Å²) >= 11 is 3.27. The number of H-pyrrole nitrogens is 1. The summed E-state index contributed by atoms with van der Waals surface area (Å²) in [6, 6.07) is 3.73. The Balaban J connectivity index is 1.64. The molecule has 1 aliphatic heterocycles. The van der Waals surface area contributed by atoms with Gasteiger partial charge in [-0.15, -0.1) is 0 Å². The van der Waals surface area contributed by atoms with Crippen LogP contribution in [0.25, 0.3) is 11.3 Å². The number of hydrogen-bond donors (Lipinski definition) is 2. The second kappa shape index (κ2) is 9.19. The number of imidazole rings is 1. The van der Waals surface area contributed by atoms with E-state index in [1.54, 1.807) is 25.3 Å². The summed E-state index contributed by atoms with van der Waals surface area (Å²) in [6.07, 6.45) is 3.10. The van der Waals surface area contributed by atoms with Crippen molar-refractivity contribution in [1.29, 1.82) is 0 Å². The molecule has 172 valence electrons. The SMILES string of the molecule is COC(=O)N[C@H](C(=O)N1C(c2ncc(-c3ccc(Br)cc3F)[nH]2)[C@H]2CC[C@@H]1C2)[C@@H](C)OC. The molecule has 1 aliphatic carbocycles. The Morgan fingerprint density at radius 2 is 2.12 bits per heavy atom. The van der Waals surface area contributed by atoms with Gasteiger partial charge in [-0.2, -0.15) is 0 Å². The Kier molecular flexibility index (Phi) is 6.52. The number of nitrogens with one attached hydrogen (secondary N) is 2. The van der Waals surface area contributed by atoms with Gasteiger partial charge in [0.25, 0.3) is 0 Å². The zero-order valence-corrected chi connectivity index (χ0v) is 19.7. The van der Waals surface area contributed by atoms with Crippen LogP contribution in [-0.2, 0) is 14.3 Å². The lowest BCUT2D eigenvalue weighted by molar-refractivity contribution is -0.141. The molecular formula is C22H26BrFN4O4. The summed E-state index contributed by atoms with van der Waals surface area (Å²) < 4.78 is 25.2. The third-order valence-electron chi connectivity index (χ3n) is 6.50. The maximum atomic E-state index is 14.5. The molecule has 1 saturated heterocycles. The molecule has 0 radical (unpaired) electrons. The van der Waals surface area contributed by atoms with Crippen molar-refractivity contribution in [2.24, 2.45) is 5.92 Å². The van der Waals surface area contributed by atoms with Crippen LogP contribution in [0, 0.1) is 11.7 Å². The number of piperidine rings is 1. The van der Waals surface area contributed by atoms with E-state index in [2.05, 4.69) is 31.2 Å². The maximum Gasteiger partial charge on any atom is 0.407 e. The minimum Gasteiger partial charge on any atom is -0.453 e.